The van der Waals surface area contributed by atoms with Crippen LogP contribution in [0.4, 0.5) is 4.39 Å². The van der Waals surface area contributed by atoms with E-state index in [2.05, 4.69) is 10.1 Å². The molecule has 0 aliphatic rings. The molecule has 3 rings (SSSR count). The number of benzene rings is 2. The monoisotopic (exact) mass is 326 g/mol. The first kappa shape index (κ1) is 15.9. The van der Waals surface area contributed by atoms with Crippen LogP contribution in [-0.4, -0.2) is 16.1 Å². The molecule has 1 aromatic heterocycles. The third-order valence-electron chi connectivity index (χ3n) is 3.51. The van der Waals surface area contributed by atoms with E-state index in [0.29, 0.717) is 11.4 Å². The van der Waals surface area contributed by atoms with Crippen molar-refractivity contribution in [3.63, 3.8) is 0 Å². The number of aryl methyl sites for hydroxylation is 1. The lowest BCUT2D eigenvalue weighted by molar-refractivity contribution is 0.0265. The molecule has 0 saturated heterocycles. The van der Waals surface area contributed by atoms with Crippen molar-refractivity contribution in [3.8, 4) is 11.4 Å². The molecule has 0 fully saturated rings. The average Bonchev–Trinajstić information content (AvgIpc) is 3.08. The van der Waals surface area contributed by atoms with Gasteiger partial charge in [-0.15, -0.1) is 0 Å². The van der Waals surface area contributed by atoms with Crippen molar-refractivity contribution >= 4 is 5.97 Å². The number of nitrogens with zero attached hydrogens (tertiary/aromatic N) is 2. The van der Waals surface area contributed by atoms with E-state index < -0.39 is 17.9 Å². The standard InChI is InChI=1S/C18H15FN2O3/c1-11-8-9-14(10-15(11)19)18(22)23-12(2)17-20-16(21-24-17)13-6-4-3-5-7-13/h3-10,12H,1-2H3/t12-/m1/s1. The summed E-state index contributed by atoms with van der Waals surface area (Å²) < 4.78 is 24.0. The Kier molecular flexibility index (Phi) is 4.37. The molecule has 6 heteroatoms. The molecule has 5 nitrogen and oxygen atoms in total. The van der Waals surface area contributed by atoms with E-state index in [1.54, 1.807) is 13.8 Å². The lowest BCUT2D eigenvalue weighted by Gasteiger charge is -2.09. The molecule has 2 aromatic carbocycles. The normalized spacial score (nSPS) is 12.0. The Morgan fingerprint density at radius 1 is 1.21 bits per heavy atom. The lowest BCUT2D eigenvalue weighted by atomic mass is 10.1. The van der Waals surface area contributed by atoms with Crippen LogP contribution in [0.5, 0.6) is 0 Å². The first-order valence-corrected chi connectivity index (χ1v) is 7.41. The van der Waals surface area contributed by atoms with Crippen molar-refractivity contribution in [1.29, 1.82) is 0 Å². The van der Waals surface area contributed by atoms with Gasteiger partial charge in [0.2, 0.25) is 5.82 Å². The zero-order valence-electron chi connectivity index (χ0n) is 13.2. The molecule has 3 aromatic rings. The number of esters is 1. The highest BCUT2D eigenvalue weighted by molar-refractivity contribution is 5.89. The molecule has 1 heterocycles. The second-order valence-corrected chi connectivity index (χ2v) is 5.33. The first-order chi connectivity index (χ1) is 11.5. The van der Waals surface area contributed by atoms with Gasteiger partial charge in [0, 0.05) is 5.56 Å². The molecular weight excluding hydrogens is 311 g/mol. The summed E-state index contributed by atoms with van der Waals surface area (Å²) in [6.45, 7) is 3.24. The van der Waals surface area contributed by atoms with Crippen LogP contribution in [0.25, 0.3) is 11.4 Å². The molecule has 0 amide bonds. The van der Waals surface area contributed by atoms with Crippen molar-refractivity contribution in [2.75, 3.05) is 0 Å². The van der Waals surface area contributed by atoms with E-state index in [0.717, 1.165) is 11.6 Å². The summed E-state index contributed by atoms with van der Waals surface area (Å²) in [4.78, 5) is 16.3. The fourth-order valence-corrected chi connectivity index (χ4v) is 2.10. The van der Waals surface area contributed by atoms with E-state index in [1.807, 2.05) is 30.3 Å². The summed E-state index contributed by atoms with van der Waals surface area (Å²) >= 11 is 0. The fourth-order valence-electron chi connectivity index (χ4n) is 2.10. The van der Waals surface area contributed by atoms with Crippen LogP contribution >= 0.6 is 0 Å². The topological polar surface area (TPSA) is 65.2 Å². The highest BCUT2D eigenvalue weighted by atomic mass is 19.1. The van der Waals surface area contributed by atoms with Gasteiger partial charge in [-0.1, -0.05) is 41.6 Å². The molecule has 0 spiro atoms. The van der Waals surface area contributed by atoms with Crippen molar-refractivity contribution in [2.45, 2.75) is 20.0 Å². The van der Waals surface area contributed by atoms with Gasteiger partial charge in [-0.05, 0) is 31.5 Å². The van der Waals surface area contributed by atoms with E-state index in [1.165, 1.54) is 12.1 Å². The predicted molar refractivity (Wildman–Crippen MR) is 84.7 cm³/mol. The third-order valence-corrected chi connectivity index (χ3v) is 3.51. The molecule has 24 heavy (non-hydrogen) atoms. The van der Waals surface area contributed by atoms with Crippen LogP contribution < -0.4 is 0 Å². The van der Waals surface area contributed by atoms with E-state index in [4.69, 9.17) is 9.26 Å². The maximum atomic E-state index is 13.5. The van der Waals surface area contributed by atoms with Gasteiger partial charge in [0.05, 0.1) is 5.56 Å². The lowest BCUT2D eigenvalue weighted by Crippen LogP contribution is -2.10. The number of ether oxygens (including phenoxy) is 1. The summed E-state index contributed by atoms with van der Waals surface area (Å²) in [5.74, 6) is -0.521. The second kappa shape index (κ2) is 6.62. The van der Waals surface area contributed by atoms with Gasteiger partial charge >= 0.3 is 5.97 Å². The smallest absolute Gasteiger partial charge is 0.339 e. The highest BCUT2D eigenvalue weighted by Crippen LogP contribution is 2.21. The van der Waals surface area contributed by atoms with Gasteiger partial charge in [-0.25, -0.2) is 9.18 Å². The SMILES string of the molecule is Cc1ccc(C(=O)O[C@H](C)c2nc(-c3ccccc3)no2)cc1F. The van der Waals surface area contributed by atoms with Crippen molar-refractivity contribution in [3.05, 3.63) is 71.4 Å². The summed E-state index contributed by atoms with van der Waals surface area (Å²) in [7, 11) is 0. The summed E-state index contributed by atoms with van der Waals surface area (Å²) in [6.07, 6.45) is -0.744. The number of carbonyl (C=O) groups excluding carboxylic acids is 1. The Hall–Kier alpha value is -3.02. The van der Waals surface area contributed by atoms with Crippen LogP contribution in [0.1, 0.15) is 34.8 Å². The number of halogens is 1. The van der Waals surface area contributed by atoms with E-state index in [-0.39, 0.29) is 11.5 Å². The first-order valence-electron chi connectivity index (χ1n) is 7.41. The van der Waals surface area contributed by atoms with E-state index >= 15 is 0 Å². The third kappa shape index (κ3) is 3.32. The molecule has 0 aliphatic heterocycles. The minimum atomic E-state index is -0.744. The highest BCUT2D eigenvalue weighted by Gasteiger charge is 2.20. The van der Waals surface area contributed by atoms with Crippen LogP contribution in [0.2, 0.25) is 0 Å². The molecule has 0 radical (unpaired) electrons. The van der Waals surface area contributed by atoms with Gasteiger partial charge in [0.25, 0.3) is 5.89 Å². The van der Waals surface area contributed by atoms with Gasteiger partial charge in [-0.3, -0.25) is 0 Å². The number of aromatic nitrogens is 2. The fraction of sp³-hybridized carbons (Fsp3) is 0.167. The summed E-state index contributed by atoms with van der Waals surface area (Å²) in [6, 6.07) is 13.5. The summed E-state index contributed by atoms with van der Waals surface area (Å²) in [5.41, 5.74) is 1.39. The van der Waals surface area contributed by atoms with E-state index in [9.17, 15) is 9.18 Å². The Bertz CT molecular complexity index is 862. The van der Waals surface area contributed by atoms with Crippen LogP contribution in [-0.2, 0) is 4.74 Å². The van der Waals surface area contributed by atoms with Gasteiger partial charge in [-0.2, -0.15) is 4.98 Å². The summed E-state index contributed by atoms with van der Waals surface area (Å²) in [5, 5.41) is 3.88. The Morgan fingerprint density at radius 3 is 2.67 bits per heavy atom. The zero-order chi connectivity index (χ0) is 17.1. The average molecular weight is 326 g/mol. The van der Waals surface area contributed by atoms with Crippen LogP contribution in [0, 0.1) is 12.7 Å². The predicted octanol–water partition coefficient (Wildman–Crippen LogP) is 4.10. The maximum absolute atomic E-state index is 13.5. The van der Waals surface area contributed by atoms with Gasteiger partial charge in [0.1, 0.15) is 5.82 Å². The van der Waals surface area contributed by atoms with Crippen molar-refractivity contribution < 1.29 is 18.4 Å². The Balaban J connectivity index is 1.73. The number of rotatable bonds is 4. The maximum Gasteiger partial charge on any atom is 0.339 e. The molecule has 0 unspecified atom stereocenters. The molecular formula is C18H15FN2O3. The molecule has 0 aliphatic carbocycles. The number of hydrogen-bond donors (Lipinski definition) is 0. The molecule has 0 saturated carbocycles. The molecule has 0 bridgehead atoms. The second-order valence-electron chi connectivity index (χ2n) is 5.33. The van der Waals surface area contributed by atoms with Crippen LogP contribution in [0.15, 0.2) is 53.1 Å². The van der Waals surface area contributed by atoms with Crippen molar-refractivity contribution in [2.24, 2.45) is 0 Å². The number of hydrogen-bond acceptors (Lipinski definition) is 5. The Labute approximate surface area is 138 Å². The van der Waals surface area contributed by atoms with Crippen molar-refractivity contribution in [1.82, 2.24) is 10.1 Å². The molecule has 0 N–H and O–H groups in total. The zero-order valence-corrected chi connectivity index (χ0v) is 13.2. The quantitative estimate of drug-likeness (QED) is 0.675. The minimum absolute atomic E-state index is 0.132. The van der Waals surface area contributed by atoms with Gasteiger partial charge in [0.15, 0.2) is 6.10 Å². The molecule has 122 valence electrons. The Morgan fingerprint density at radius 2 is 1.96 bits per heavy atom. The minimum Gasteiger partial charge on any atom is -0.449 e. The number of carbonyl (C=O) groups is 1. The van der Waals surface area contributed by atoms with Crippen LogP contribution in [0.3, 0.4) is 0 Å². The van der Waals surface area contributed by atoms with Gasteiger partial charge < -0.3 is 9.26 Å². The largest absolute Gasteiger partial charge is 0.449 e. The molecule has 1 atom stereocenters.